The number of benzene rings is 3. The summed E-state index contributed by atoms with van der Waals surface area (Å²) in [6.07, 6.45) is 0.497. The van der Waals surface area contributed by atoms with Crippen LogP contribution in [0.25, 0.3) is 33.9 Å². The molecule has 0 bridgehead atoms. The number of aromatic nitrogens is 4. The molecule has 0 saturated heterocycles. The van der Waals surface area contributed by atoms with Gasteiger partial charge in [0, 0.05) is 44.7 Å². The second-order valence-corrected chi connectivity index (χ2v) is 8.79. The molecule has 0 aliphatic carbocycles. The van der Waals surface area contributed by atoms with Gasteiger partial charge in [-0.1, -0.05) is 34.8 Å². The lowest BCUT2D eigenvalue weighted by Crippen LogP contribution is -2.25. The van der Waals surface area contributed by atoms with E-state index >= 15 is 0 Å². The highest BCUT2D eigenvalue weighted by Gasteiger charge is 2.13. The number of rotatable bonds is 6. The number of halogens is 3. The molecule has 0 aliphatic heterocycles. The van der Waals surface area contributed by atoms with Gasteiger partial charge in [-0.3, -0.25) is 9.89 Å². The third-order valence-electron chi connectivity index (χ3n) is 5.04. The summed E-state index contributed by atoms with van der Waals surface area (Å²) in [7, 11) is 0. The second kappa shape index (κ2) is 9.46. The van der Waals surface area contributed by atoms with E-state index in [-0.39, 0.29) is 5.91 Å². The minimum atomic E-state index is -0.233. The van der Waals surface area contributed by atoms with Gasteiger partial charge in [0.15, 0.2) is 11.4 Å². The molecule has 5 rings (SSSR count). The van der Waals surface area contributed by atoms with E-state index in [2.05, 4.69) is 25.5 Å². The van der Waals surface area contributed by atoms with E-state index in [0.717, 1.165) is 5.56 Å². The summed E-state index contributed by atoms with van der Waals surface area (Å²) in [5, 5.41) is 11.6. The molecule has 0 atom stereocenters. The molecule has 170 valence electrons. The highest BCUT2D eigenvalue weighted by molar-refractivity contribution is 6.35. The van der Waals surface area contributed by atoms with Gasteiger partial charge in [0.05, 0.1) is 0 Å². The number of hydrogen-bond donors (Lipinski definition) is 2. The van der Waals surface area contributed by atoms with Crippen molar-refractivity contribution in [2.24, 2.45) is 0 Å². The van der Waals surface area contributed by atoms with Crippen LogP contribution in [0.1, 0.15) is 16.2 Å². The number of nitrogens with zero attached hydrogens (tertiary/aromatic N) is 3. The molecule has 0 aliphatic rings. The molecule has 0 radical (unpaired) electrons. The quantitative estimate of drug-likeness (QED) is 0.282. The van der Waals surface area contributed by atoms with Crippen LogP contribution >= 0.6 is 34.8 Å². The zero-order valence-electron chi connectivity index (χ0n) is 17.5. The molecule has 2 N–H and O–H groups in total. The number of aromatic amines is 1. The smallest absolute Gasteiger partial charge is 0.251 e. The highest BCUT2D eigenvalue weighted by atomic mass is 35.5. The zero-order valence-corrected chi connectivity index (χ0v) is 19.7. The van der Waals surface area contributed by atoms with E-state index in [1.165, 1.54) is 0 Å². The summed E-state index contributed by atoms with van der Waals surface area (Å²) in [5.74, 6) is 1.38. The zero-order chi connectivity index (χ0) is 23.7. The fourth-order valence-corrected chi connectivity index (χ4v) is 4.05. The number of hydrogen-bond acceptors (Lipinski definition) is 5. The Morgan fingerprint density at radius 1 is 0.882 bits per heavy atom. The SMILES string of the molecule is O=C(NCCc1nc(-c2ccc(Cl)cc2)n[nH]1)c1ccc2nc(-c3cc(Cl)cc(Cl)c3)oc2c1. The fraction of sp³-hybridized carbons (Fsp3) is 0.0833. The molecule has 10 heteroatoms. The molecule has 0 saturated carbocycles. The fourth-order valence-electron chi connectivity index (χ4n) is 3.40. The molecule has 34 heavy (non-hydrogen) atoms. The molecular weight excluding hydrogens is 497 g/mol. The molecule has 2 aromatic heterocycles. The predicted octanol–water partition coefficient (Wildman–Crippen LogP) is 6.21. The van der Waals surface area contributed by atoms with Crippen LogP contribution < -0.4 is 5.32 Å². The monoisotopic (exact) mass is 511 g/mol. The summed E-state index contributed by atoms with van der Waals surface area (Å²) >= 11 is 18.1. The van der Waals surface area contributed by atoms with Crippen LogP contribution in [0.5, 0.6) is 0 Å². The number of carbonyl (C=O) groups is 1. The molecular formula is C24H16Cl3N5O2. The van der Waals surface area contributed by atoms with Crippen molar-refractivity contribution in [3.8, 4) is 22.8 Å². The first kappa shape index (κ1) is 22.4. The number of oxazole rings is 1. The summed E-state index contributed by atoms with van der Waals surface area (Å²) in [6, 6.07) is 17.4. The maximum absolute atomic E-state index is 12.6. The van der Waals surface area contributed by atoms with Crippen molar-refractivity contribution in [3.63, 3.8) is 0 Å². The Labute approximate surface area is 209 Å². The maximum atomic E-state index is 12.6. The average molecular weight is 513 g/mol. The van der Waals surface area contributed by atoms with Crippen LogP contribution in [0.4, 0.5) is 0 Å². The van der Waals surface area contributed by atoms with Crippen LogP contribution in [0.2, 0.25) is 15.1 Å². The average Bonchev–Trinajstić information content (AvgIpc) is 3.45. The van der Waals surface area contributed by atoms with Crippen LogP contribution in [-0.4, -0.2) is 32.6 Å². The Balaban J connectivity index is 1.24. The first-order valence-electron chi connectivity index (χ1n) is 10.3. The van der Waals surface area contributed by atoms with Gasteiger partial charge in [0.1, 0.15) is 11.3 Å². The van der Waals surface area contributed by atoms with Crippen molar-refractivity contribution >= 4 is 51.8 Å². The Bertz CT molecular complexity index is 1470. The van der Waals surface area contributed by atoms with Gasteiger partial charge in [0.25, 0.3) is 5.91 Å². The first-order valence-corrected chi connectivity index (χ1v) is 11.4. The number of H-pyrrole nitrogens is 1. The van der Waals surface area contributed by atoms with Gasteiger partial charge >= 0.3 is 0 Å². The minimum absolute atomic E-state index is 0.233. The molecule has 7 nitrogen and oxygen atoms in total. The first-order chi connectivity index (χ1) is 16.4. The number of fused-ring (bicyclic) bond motifs is 1. The third kappa shape index (κ3) is 4.92. The van der Waals surface area contributed by atoms with E-state index in [4.69, 9.17) is 39.2 Å². The van der Waals surface area contributed by atoms with E-state index in [1.807, 2.05) is 12.1 Å². The van der Waals surface area contributed by atoms with Crippen molar-refractivity contribution in [2.45, 2.75) is 6.42 Å². The third-order valence-corrected chi connectivity index (χ3v) is 5.73. The summed E-state index contributed by atoms with van der Waals surface area (Å²) < 4.78 is 5.84. The number of amides is 1. The molecule has 3 aromatic carbocycles. The standard InChI is InChI=1S/C24H16Cl3N5O2/c25-16-4-1-13(2-5-16)22-30-21(31-32-22)7-8-28-23(33)14-3-6-19-20(11-14)34-24(29-19)15-9-17(26)12-18(27)10-15/h1-6,9-12H,7-8H2,(H,28,33)(H,30,31,32). The lowest BCUT2D eigenvalue weighted by atomic mass is 10.2. The Morgan fingerprint density at radius 3 is 2.41 bits per heavy atom. The van der Waals surface area contributed by atoms with Crippen molar-refractivity contribution in [1.29, 1.82) is 0 Å². The number of nitrogens with one attached hydrogen (secondary N) is 2. The van der Waals surface area contributed by atoms with E-state index < -0.39 is 0 Å². The molecule has 2 heterocycles. The predicted molar refractivity (Wildman–Crippen MR) is 132 cm³/mol. The van der Waals surface area contributed by atoms with Crippen molar-refractivity contribution in [3.05, 3.63) is 87.1 Å². The van der Waals surface area contributed by atoms with Crippen LogP contribution in [-0.2, 0) is 6.42 Å². The van der Waals surface area contributed by atoms with Gasteiger partial charge in [-0.05, 0) is 60.7 Å². The minimum Gasteiger partial charge on any atom is -0.436 e. The molecule has 1 amide bonds. The normalized spacial score (nSPS) is 11.1. The van der Waals surface area contributed by atoms with Gasteiger partial charge < -0.3 is 9.73 Å². The lowest BCUT2D eigenvalue weighted by Gasteiger charge is -2.03. The van der Waals surface area contributed by atoms with Crippen LogP contribution in [0.15, 0.2) is 65.1 Å². The van der Waals surface area contributed by atoms with E-state index in [0.29, 0.717) is 67.8 Å². The largest absolute Gasteiger partial charge is 0.436 e. The van der Waals surface area contributed by atoms with Gasteiger partial charge in [-0.25, -0.2) is 9.97 Å². The van der Waals surface area contributed by atoms with Gasteiger partial charge in [0.2, 0.25) is 5.89 Å². The lowest BCUT2D eigenvalue weighted by molar-refractivity contribution is 0.0954. The Hall–Kier alpha value is -3.39. The van der Waals surface area contributed by atoms with Crippen LogP contribution in [0.3, 0.4) is 0 Å². The van der Waals surface area contributed by atoms with Gasteiger partial charge in [-0.15, -0.1) is 0 Å². The van der Waals surface area contributed by atoms with Crippen LogP contribution in [0, 0.1) is 0 Å². The molecule has 0 unspecified atom stereocenters. The summed E-state index contributed by atoms with van der Waals surface area (Å²) in [5.41, 5.74) is 3.08. The molecule has 0 fully saturated rings. The summed E-state index contributed by atoms with van der Waals surface area (Å²) in [4.78, 5) is 21.6. The Kier molecular flexibility index (Phi) is 6.24. The summed E-state index contributed by atoms with van der Waals surface area (Å²) in [6.45, 7) is 0.384. The van der Waals surface area contributed by atoms with E-state index in [1.54, 1.807) is 48.5 Å². The van der Waals surface area contributed by atoms with Crippen molar-refractivity contribution in [1.82, 2.24) is 25.5 Å². The maximum Gasteiger partial charge on any atom is 0.251 e. The number of carbonyl (C=O) groups excluding carboxylic acids is 1. The highest BCUT2D eigenvalue weighted by Crippen LogP contribution is 2.29. The Morgan fingerprint density at radius 2 is 1.65 bits per heavy atom. The molecule has 0 spiro atoms. The molecule has 5 aromatic rings. The van der Waals surface area contributed by atoms with Crippen molar-refractivity contribution < 1.29 is 9.21 Å². The van der Waals surface area contributed by atoms with Gasteiger partial charge in [-0.2, -0.15) is 5.10 Å². The van der Waals surface area contributed by atoms with Crippen molar-refractivity contribution in [2.75, 3.05) is 6.54 Å². The second-order valence-electron chi connectivity index (χ2n) is 7.48. The van der Waals surface area contributed by atoms with E-state index in [9.17, 15) is 4.79 Å². The topological polar surface area (TPSA) is 96.7 Å².